The van der Waals surface area contributed by atoms with Crippen LogP contribution in [-0.2, 0) is 11.3 Å². The van der Waals surface area contributed by atoms with E-state index in [0.29, 0.717) is 5.56 Å². The number of nitrogens with zero attached hydrogens (tertiary/aromatic N) is 2. The lowest BCUT2D eigenvalue weighted by Crippen LogP contribution is -2.41. The van der Waals surface area contributed by atoms with Crippen LogP contribution in [0.3, 0.4) is 0 Å². The van der Waals surface area contributed by atoms with Crippen LogP contribution in [-0.4, -0.2) is 28.2 Å². The van der Waals surface area contributed by atoms with Crippen LogP contribution in [0.15, 0.2) is 46.2 Å². The fourth-order valence-electron chi connectivity index (χ4n) is 1.94. The third kappa shape index (κ3) is 3.94. The number of carbonyl (C=O) groups is 2. The van der Waals surface area contributed by atoms with Crippen molar-refractivity contribution in [1.29, 1.82) is 0 Å². The van der Waals surface area contributed by atoms with Gasteiger partial charge in [-0.05, 0) is 12.5 Å². The van der Waals surface area contributed by atoms with Crippen molar-refractivity contribution in [3.8, 4) is 11.4 Å². The Morgan fingerprint density at radius 2 is 2.13 bits per heavy atom. The number of amides is 3. The molecule has 2 rings (SSSR count). The molecule has 120 valence electrons. The summed E-state index contributed by atoms with van der Waals surface area (Å²) in [7, 11) is 0. The van der Waals surface area contributed by atoms with Crippen LogP contribution in [0.2, 0.25) is 0 Å². The third-order valence-corrected chi connectivity index (χ3v) is 3.03. The van der Waals surface area contributed by atoms with E-state index in [9.17, 15) is 14.4 Å². The number of urea groups is 1. The molecule has 0 aliphatic heterocycles. The molecule has 0 aliphatic carbocycles. The van der Waals surface area contributed by atoms with E-state index in [0.717, 1.165) is 10.1 Å². The molecule has 0 spiro atoms. The molecule has 0 aliphatic rings. The fourth-order valence-corrected chi connectivity index (χ4v) is 1.94. The van der Waals surface area contributed by atoms with E-state index in [1.54, 1.807) is 12.1 Å². The standard InChI is InChI=1S/C15H16N4O4/c1-3-8-16-14(21)17-12(20)9-19-13(18-23-15(19)22)11-7-5-4-6-10(11)2/h3-7H,1,8-9H2,2H3,(H2,16,17,20,21). The van der Waals surface area contributed by atoms with Crippen LogP contribution in [0.5, 0.6) is 0 Å². The van der Waals surface area contributed by atoms with Crippen molar-refractivity contribution >= 4 is 11.9 Å². The Morgan fingerprint density at radius 3 is 2.83 bits per heavy atom. The second kappa shape index (κ2) is 7.21. The first-order valence-corrected chi connectivity index (χ1v) is 6.84. The van der Waals surface area contributed by atoms with Gasteiger partial charge in [0.25, 0.3) is 0 Å². The van der Waals surface area contributed by atoms with Crippen molar-refractivity contribution in [2.75, 3.05) is 6.54 Å². The number of hydrogen-bond donors (Lipinski definition) is 2. The van der Waals surface area contributed by atoms with E-state index in [2.05, 4.69) is 26.9 Å². The summed E-state index contributed by atoms with van der Waals surface area (Å²) >= 11 is 0. The fraction of sp³-hybridized carbons (Fsp3) is 0.200. The quantitative estimate of drug-likeness (QED) is 0.794. The van der Waals surface area contributed by atoms with Gasteiger partial charge in [0, 0.05) is 12.1 Å². The summed E-state index contributed by atoms with van der Waals surface area (Å²) in [6, 6.07) is 6.57. The Hall–Kier alpha value is -3.16. The normalized spacial score (nSPS) is 10.1. The highest BCUT2D eigenvalue weighted by atomic mass is 16.5. The molecule has 8 heteroatoms. The van der Waals surface area contributed by atoms with Crippen molar-refractivity contribution in [3.05, 3.63) is 53.0 Å². The zero-order chi connectivity index (χ0) is 16.8. The average Bonchev–Trinajstić information content (AvgIpc) is 2.86. The second-order valence-electron chi connectivity index (χ2n) is 4.72. The molecule has 2 N–H and O–H groups in total. The Labute approximate surface area is 131 Å². The van der Waals surface area contributed by atoms with Gasteiger partial charge in [-0.1, -0.05) is 35.5 Å². The summed E-state index contributed by atoms with van der Waals surface area (Å²) < 4.78 is 5.71. The Bertz CT molecular complexity index is 791. The highest BCUT2D eigenvalue weighted by Gasteiger charge is 2.18. The van der Waals surface area contributed by atoms with Gasteiger partial charge < -0.3 is 5.32 Å². The maximum Gasteiger partial charge on any atom is 0.442 e. The van der Waals surface area contributed by atoms with Gasteiger partial charge in [0.05, 0.1) is 0 Å². The number of aryl methyl sites for hydroxylation is 1. The van der Waals surface area contributed by atoms with Gasteiger partial charge in [0.1, 0.15) is 6.54 Å². The molecule has 0 saturated carbocycles. The number of carbonyl (C=O) groups excluding carboxylic acids is 2. The van der Waals surface area contributed by atoms with Gasteiger partial charge in [0.15, 0.2) is 5.82 Å². The van der Waals surface area contributed by atoms with Crippen molar-refractivity contribution in [3.63, 3.8) is 0 Å². The van der Waals surface area contributed by atoms with Gasteiger partial charge in [-0.2, -0.15) is 0 Å². The molecule has 0 saturated heterocycles. The molecule has 8 nitrogen and oxygen atoms in total. The Balaban J connectivity index is 2.18. The van der Waals surface area contributed by atoms with E-state index in [-0.39, 0.29) is 18.9 Å². The van der Waals surface area contributed by atoms with E-state index in [1.807, 2.05) is 19.1 Å². The van der Waals surface area contributed by atoms with Crippen LogP contribution in [0.1, 0.15) is 5.56 Å². The Kier molecular flexibility index (Phi) is 5.08. The molecular weight excluding hydrogens is 300 g/mol. The lowest BCUT2D eigenvalue weighted by atomic mass is 10.1. The molecule has 1 heterocycles. The van der Waals surface area contributed by atoms with Crippen molar-refractivity contribution in [2.45, 2.75) is 13.5 Å². The van der Waals surface area contributed by atoms with Gasteiger partial charge in [-0.15, -0.1) is 6.58 Å². The zero-order valence-corrected chi connectivity index (χ0v) is 12.5. The number of aromatic nitrogens is 2. The highest BCUT2D eigenvalue weighted by molar-refractivity contribution is 5.94. The van der Waals surface area contributed by atoms with E-state index in [1.165, 1.54) is 6.08 Å². The van der Waals surface area contributed by atoms with Gasteiger partial charge in [0.2, 0.25) is 5.91 Å². The largest absolute Gasteiger partial charge is 0.442 e. The van der Waals surface area contributed by atoms with Gasteiger partial charge in [-0.3, -0.25) is 14.6 Å². The number of imide groups is 1. The number of benzene rings is 1. The van der Waals surface area contributed by atoms with Crippen molar-refractivity contribution < 1.29 is 14.1 Å². The molecule has 23 heavy (non-hydrogen) atoms. The lowest BCUT2D eigenvalue weighted by Gasteiger charge is -2.07. The lowest BCUT2D eigenvalue weighted by molar-refractivity contribution is -0.120. The number of hydrogen-bond acceptors (Lipinski definition) is 5. The molecule has 0 radical (unpaired) electrons. The molecule has 0 fully saturated rings. The maximum atomic E-state index is 11.9. The maximum absolute atomic E-state index is 11.9. The smallest absolute Gasteiger partial charge is 0.334 e. The van der Waals surface area contributed by atoms with Gasteiger partial charge >= 0.3 is 11.8 Å². The molecule has 0 atom stereocenters. The van der Waals surface area contributed by atoms with Crippen LogP contribution in [0, 0.1) is 6.92 Å². The molecule has 2 aromatic rings. The minimum atomic E-state index is -0.773. The van der Waals surface area contributed by atoms with E-state index >= 15 is 0 Å². The van der Waals surface area contributed by atoms with E-state index in [4.69, 9.17) is 0 Å². The molecule has 0 bridgehead atoms. The predicted octanol–water partition coefficient (Wildman–Crippen LogP) is 0.824. The summed E-state index contributed by atoms with van der Waals surface area (Å²) in [6.07, 6.45) is 1.48. The molecule has 0 unspecified atom stereocenters. The highest BCUT2D eigenvalue weighted by Crippen LogP contribution is 2.19. The van der Waals surface area contributed by atoms with Gasteiger partial charge in [-0.25, -0.2) is 14.2 Å². The minimum absolute atomic E-state index is 0.223. The van der Waals surface area contributed by atoms with Crippen LogP contribution in [0.4, 0.5) is 4.79 Å². The summed E-state index contributed by atoms with van der Waals surface area (Å²) in [6.45, 7) is 5.13. The summed E-state index contributed by atoms with van der Waals surface area (Å²) in [5.41, 5.74) is 1.54. The van der Waals surface area contributed by atoms with Crippen LogP contribution >= 0.6 is 0 Å². The predicted molar refractivity (Wildman–Crippen MR) is 82.7 cm³/mol. The van der Waals surface area contributed by atoms with Crippen LogP contribution < -0.4 is 16.4 Å². The Morgan fingerprint density at radius 1 is 1.39 bits per heavy atom. The SMILES string of the molecule is C=CCNC(=O)NC(=O)Cn1c(-c2ccccc2C)noc1=O. The van der Waals surface area contributed by atoms with Crippen molar-refractivity contribution in [1.82, 2.24) is 20.4 Å². The first-order chi connectivity index (χ1) is 11.0. The van der Waals surface area contributed by atoms with Crippen molar-refractivity contribution in [2.24, 2.45) is 0 Å². The number of nitrogens with one attached hydrogen (secondary N) is 2. The van der Waals surface area contributed by atoms with E-state index < -0.39 is 17.7 Å². The zero-order valence-electron chi connectivity index (χ0n) is 12.5. The molecule has 1 aromatic heterocycles. The average molecular weight is 316 g/mol. The summed E-state index contributed by atoms with van der Waals surface area (Å²) in [4.78, 5) is 35.1. The second-order valence-corrected chi connectivity index (χ2v) is 4.72. The van der Waals surface area contributed by atoms with Crippen LogP contribution in [0.25, 0.3) is 11.4 Å². The monoisotopic (exact) mass is 316 g/mol. The first-order valence-electron chi connectivity index (χ1n) is 6.84. The topological polar surface area (TPSA) is 106 Å². The first kappa shape index (κ1) is 16.2. The number of rotatable bonds is 5. The molecular formula is C15H16N4O4. The summed E-state index contributed by atoms with van der Waals surface area (Å²) in [5, 5.41) is 8.22. The molecule has 3 amide bonds. The third-order valence-electron chi connectivity index (χ3n) is 3.03. The molecule has 1 aromatic carbocycles. The summed E-state index contributed by atoms with van der Waals surface area (Å²) in [5.74, 6) is -1.20. The minimum Gasteiger partial charge on any atom is -0.334 e.